The Morgan fingerprint density at radius 3 is 2.68 bits per heavy atom. The fourth-order valence-electron chi connectivity index (χ4n) is 1.43. The third-order valence-electron chi connectivity index (χ3n) is 2.31. The summed E-state index contributed by atoms with van der Waals surface area (Å²) < 4.78 is 16.9. The van der Waals surface area contributed by atoms with Gasteiger partial charge in [0.1, 0.15) is 12.2 Å². The Bertz CT molecular complexity index is 446. The molecule has 0 aromatic carbocycles. The van der Waals surface area contributed by atoms with Crippen LogP contribution in [0.2, 0.25) is 0 Å². The van der Waals surface area contributed by atoms with Crippen molar-refractivity contribution in [2.24, 2.45) is 0 Å². The van der Waals surface area contributed by atoms with Gasteiger partial charge in [-0.15, -0.1) is 0 Å². The lowest BCUT2D eigenvalue weighted by Gasteiger charge is -2.19. The second-order valence-corrected chi connectivity index (χ2v) is 6.47. The van der Waals surface area contributed by atoms with Gasteiger partial charge in [0, 0.05) is 29.9 Å². The van der Waals surface area contributed by atoms with E-state index in [9.17, 15) is 4.79 Å². The van der Waals surface area contributed by atoms with Crippen molar-refractivity contribution in [1.82, 2.24) is 10.3 Å². The maximum absolute atomic E-state index is 11.4. The van der Waals surface area contributed by atoms with Crippen molar-refractivity contribution in [3.63, 3.8) is 0 Å². The molecule has 0 saturated heterocycles. The molecule has 0 saturated carbocycles. The zero-order valence-corrected chi connectivity index (χ0v) is 14.8. The molecule has 1 aromatic heterocycles. The molecule has 1 aromatic rings. The SMILES string of the molecule is CC(C)(C)OC(=O)NCCCOCCOc1ccc(Br)cn1. The molecule has 0 aliphatic heterocycles. The number of hydrogen-bond donors (Lipinski definition) is 1. The number of nitrogens with one attached hydrogen (secondary N) is 1. The summed E-state index contributed by atoms with van der Waals surface area (Å²) in [6.45, 7) is 7.47. The molecular weight excluding hydrogens is 352 g/mol. The smallest absolute Gasteiger partial charge is 0.407 e. The normalized spacial score (nSPS) is 11.1. The van der Waals surface area contributed by atoms with Crippen molar-refractivity contribution in [3.8, 4) is 5.88 Å². The molecule has 22 heavy (non-hydrogen) atoms. The van der Waals surface area contributed by atoms with Crippen LogP contribution < -0.4 is 10.1 Å². The predicted molar refractivity (Wildman–Crippen MR) is 87.1 cm³/mol. The maximum atomic E-state index is 11.4. The summed E-state index contributed by atoms with van der Waals surface area (Å²) in [5.41, 5.74) is -0.473. The van der Waals surface area contributed by atoms with E-state index in [2.05, 4.69) is 26.2 Å². The molecule has 0 spiro atoms. The summed E-state index contributed by atoms with van der Waals surface area (Å²) in [4.78, 5) is 15.5. The molecule has 0 fully saturated rings. The van der Waals surface area contributed by atoms with Gasteiger partial charge in [-0.2, -0.15) is 0 Å². The first-order valence-corrected chi connectivity index (χ1v) is 7.95. The second-order valence-electron chi connectivity index (χ2n) is 5.56. The lowest BCUT2D eigenvalue weighted by molar-refractivity contribution is 0.0515. The molecule has 1 amide bonds. The van der Waals surface area contributed by atoms with Gasteiger partial charge in [0.15, 0.2) is 0 Å². The number of rotatable bonds is 8. The van der Waals surface area contributed by atoms with E-state index in [4.69, 9.17) is 14.2 Å². The number of carbonyl (C=O) groups is 1. The number of halogens is 1. The Hall–Kier alpha value is -1.34. The van der Waals surface area contributed by atoms with E-state index in [1.807, 2.05) is 26.8 Å². The Balaban J connectivity index is 1.95. The molecule has 0 bridgehead atoms. The lowest BCUT2D eigenvalue weighted by atomic mass is 10.2. The number of ether oxygens (including phenoxy) is 3. The first-order chi connectivity index (χ1) is 10.4. The van der Waals surface area contributed by atoms with Gasteiger partial charge in [-0.3, -0.25) is 0 Å². The molecule has 124 valence electrons. The van der Waals surface area contributed by atoms with Crippen LogP contribution in [0.3, 0.4) is 0 Å². The standard InChI is InChI=1S/C15H23BrN2O4/c1-15(2,3)22-14(19)17-7-4-8-20-9-10-21-13-6-5-12(16)11-18-13/h5-6,11H,4,7-10H2,1-3H3,(H,17,19). The molecule has 0 radical (unpaired) electrons. The minimum absolute atomic E-state index is 0.405. The zero-order valence-electron chi connectivity index (χ0n) is 13.2. The quantitative estimate of drug-likeness (QED) is 0.707. The molecule has 0 unspecified atom stereocenters. The van der Waals surface area contributed by atoms with Crippen LogP contribution in [0.4, 0.5) is 4.79 Å². The molecule has 1 heterocycles. The molecule has 0 aliphatic rings. The average Bonchev–Trinajstić information content (AvgIpc) is 2.42. The summed E-state index contributed by atoms with van der Waals surface area (Å²) in [7, 11) is 0. The van der Waals surface area contributed by atoms with Crippen molar-refractivity contribution in [2.45, 2.75) is 32.8 Å². The number of alkyl carbamates (subject to hydrolysis) is 1. The van der Waals surface area contributed by atoms with E-state index in [0.717, 1.165) is 10.9 Å². The Morgan fingerprint density at radius 1 is 1.27 bits per heavy atom. The highest BCUT2D eigenvalue weighted by Crippen LogP contribution is 2.11. The third-order valence-corrected chi connectivity index (χ3v) is 2.78. The van der Waals surface area contributed by atoms with Crippen molar-refractivity contribution in [1.29, 1.82) is 0 Å². The van der Waals surface area contributed by atoms with Crippen LogP contribution in [0, 0.1) is 0 Å². The fraction of sp³-hybridized carbons (Fsp3) is 0.600. The molecule has 0 aliphatic carbocycles. The number of aromatic nitrogens is 1. The van der Waals surface area contributed by atoms with Crippen LogP contribution in [0.15, 0.2) is 22.8 Å². The van der Waals surface area contributed by atoms with E-state index in [0.29, 0.717) is 32.2 Å². The first-order valence-electron chi connectivity index (χ1n) is 7.16. The highest BCUT2D eigenvalue weighted by Gasteiger charge is 2.15. The number of amides is 1. The Morgan fingerprint density at radius 2 is 2.05 bits per heavy atom. The maximum Gasteiger partial charge on any atom is 0.407 e. The van der Waals surface area contributed by atoms with Gasteiger partial charge in [-0.25, -0.2) is 9.78 Å². The van der Waals surface area contributed by atoms with Crippen LogP contribution in [0.5, 0.6) is 5.88 Å². The van der Waals surface area contributed by atoms with E-state index < -0.39 is 11.7 Å². The zero-order chi connectivity index (χ0) is 16.4. The molecule has 6 nitrogen and oxygen atoms in total. The predicted octanol–water partition coefficient (Wildman–Crippen LogP) is 3.15. The highest BCUT2D eigenvalue weighted by molar-refractivity contribution is 9.10. The Labute approximate surface area is 139 Å². The third kappa shape index (κ3) is 9.57. The Kier molecular flexibility index (Phi) is 8.19. The molecule has 7 heteroatoms. The van der Waals surface area contributed by atoms with Gasteiger partial charge in [0.2, 0.25) is 5.88 Å². The van der Waals surface area contributed by atoms with Gasteiger partial charge in [0.05, 0.1) is 6.61 Å². The summed E-state index contributed by atoms with van der Waals surface area (Å²) in [6.07, 6.45) is 1.99. The second kappa shape index (κ2) is 9.63. The van der Waals surface area contributed by atoms with Crippen molar-refractivity contribution < 1.29 is 19.0 Å². The number of nitrogens with zero attached hydrogens (tertiary/aromatic N) is 1. The van der Waals surface area contributed by atoms with Crippen LogP contribution in [0.25, 0.3) is 0 Å². The van der Waals surface area contributed by atoms with Crippen molar-refractivity contribution in [2.75, 3.05) is 26.4 Å². The average molecular weight is 375 g/mol. The highest BCUT2D eigenvalue weighted by atomic mass is 79.9. The van der Waals surface area contributed by atoms with E-state index in [-0.39, 0.29) is 0 Å². The van der Waals surface area contributed by atoms with Crippen molar-refractivity contribution >= 4 is 22.0 Å². The minimum Gasteiger partial charge on any atom is -0.475 e. The van der Waals surface area contributed by atoms with Crippen molar-refractivity contribution in [3.05, 3.63) is 22.8 Å². The molecular formula is C15H23BrN2O4. The van der Waals surface area contributed by atoms with Gasteiger partial charge >= 0.3 is 6.09 Å². The van der Waals surface area contributed by atoms with E-state index in [1.54, 1.807) is 12.3 Å². The number of carbonyl (C=O) groups excluding carboxylic acids is 1. The van der Waals surface area contributed by atoms with Crippen LogP contribution in [-0.2, 0) is 9.47 Å². The molecule has 1 N–H and O–H groups in total. The van der Waals surface area contributed by atoms with Crippen LogP contribution in [-0.4, -0.2) is 43.0 Å². The van der Waals surface area contributed by atoms with E-state index >= 15 is 0 Å². The summed E-state index contributed by atoms with van der Waals surface area (Å²) in [5, 5.41) is 2.67. The number of hydrogen-bond acceptors (Lipinski definition) is 5. The van der Waals surface area contributed by atoms with Gasteiger partial charge < -0.3 is 19.5 Å². The molecule has 0 atom stereocenters. The van der Waals surface area contributed by atoms with Gasteiger partial charge in [-0.05, 0) is 49.2 Å². The topological polar surface area (TPSA) is 69.7 Å². The van der Waals surface area contributed by atoms with Gasteiger partial charge in [0.25, 0.3) is 0 Å². The largest absolute Gasteiger partial charge is 0.475 e. The van der Waals surface area contributed by atoms with Crippen LogP contribution >= 0.6 is 15.9 Å². The monoisotopic (exact) mass is 374 g/mol. The number of pyridine rings is 1. The summed E-state index contributed by atoms with van der Waals surface area (Å²) in [5.74, 6) is 0.568. The molecule has 1 rings (SSSR count). The van der Waals surface area contributed by atoms with Crippen LogP contribution in [0.1, 0.15) is 27.2 Å². The summed E-state index contributed by atoms with van der Waals surface area (Å²) >= 11 is 3.31. The lowest BCUT2D eigenvalue weighted by Crippen LogP contribution is -2.33. The van der Waals surface area contributed by atoms with Gasteiger partial charge in [-0.1, -0.05) is 0 Å². The first kappa shape index (κ1) is 18.7. The van der Waals surface area contributed by atoms with E-state index in [1.165, 1.54) is 0 Å². The fourth-order valence-corrected chi connectivity index (χ4v) is 1.67. The summed E-state index contributed by atoms with van der Waals surface area (Å²) in [6, 6.07) is 3.65. The minimum atomic E-state index is -0.473.